The first kappa shape index (κ1) is 11.7. The molecule has 2 unspecified atom stereocenters. The largest absolute Gasteiger partial charge is 0.399 e. The minimum Gasteiger partial charge on any atom is -0.399 e. The van der Waals surface area contributed by atoms with Crippen molar-refractivity contribution in [1.29, 1.82) is 0 Å². The molecule has 0 radical (unpaired) electrons. The molecule has 3 rings (SSSR count). The monoisotopic (exact) mass is 263 g/mol. The maximum Gasteiger partial charge on any atom is 0.184 e. The molecule has 0 amide bonds. The molecule has 2 atom stereocenters. The lowest BCUT2D eigenvalue weighted by Crippen LogP contribution is -2.16. The van der Waals surface area contributed by atoms with E-state index < -0.39 is 0 Å². The number of rotatable bonds is 3. The zero-order valence-corrected chi connectivity index (χ0v) is 11.2. The van der Waals surface area contributed by atoms with Crippen molar-refractivity contribution in [2.45, 2.75) is 31.4 Å². The van der Waals surface area contributed by atoms with Crippen LogP contribution in [0.5, 0.6) is 0 Å². The molecule has 0 spiro atoms. The molecule has 3 N–H and O–H groups in total. The van der Waals surface area contributed by atoms with E-state index in [0.717, 1.165) is 40.3 Å². The van der Waals surface area contributed by atoms with E-state index in [2.05, 4.69) is 10.3 Å². The van der Waals surface area contributed by atoms with Crippen LogP contribution < -0.4 is 11.1 Å². The van der Waals surface area contributed by atoms with Gasteiger partial charge in [0.2, 0.25) is 0 Å². The number of nitrogens with zero attached hydrogens (tertiary/aromatic N) is 1. The van der Waals surface area contributed by atoms with Crippen LogP contribution in [0.4, 0.5) is 10.8 Å². The topological polar surface area (TPSA) is 60.2 Å². The molecule has 0 aliphatic heterocycles. The van der Waals surface area contributed by atoms with E-state index >= 15 is 0 Å². The van der Waals surface area contributed by atoms with E-state index in [1.165, 1.54) is 0 Å². The second kappa shape index (κ2) is 4.74. The van der Waals surface area contributed by atoms with Crippen molar-refractivity contribution >= 4 is 32.4 Å². The van der Waals surface area contributed by atoms with E-state index in [1.54, 1.807) is 18.4 Å². The summed E-state index contributed by atoms with van der Waals surface area (Å²) in [5.41, 5.74) is 7.58. The van der Waals surface area contributed by atoms with Gasteiger partial charge >= 0.3 is 0 Å². The number of ether oxygens (including phenoxy) is 1. The van der Waals surface area contributed by atoms with Crippen LogP contribution in [0.1, 0.15) is 19.3 Å². The quantitative estimate of drug-likeness (QED) is 0.836. The van der Waals surface area contributed by atoms with Gasteiger partial charge in [-0.3, -0.25) is 0 Å². The Morgan fingerprint density at radius 1 is 1.44 bits per heavy atom. The average molecular weight is 263 g/mol. The van der Waals surface area contributed by atoms with Gasteiger partial charge in [0.25, 0.3) is 0 Å². The summed E-state index contributed by atoms with van der Waals surface area (Å²) in [4.78, 5) is 4.58. The van der Waals surface area contributed by atoms with Gasteiger partial charge < -0.3 is 15.8 Å². The first-order valence-electron chi connectivity index (χ1n) is 6.20. The molecular weight excluding hydrogens is 246 g/mol. The normalized spacial score (nSPS) is 23.6. The summed E-state index contributed by atoms with van der Waals surface area (Å²) in [5, 5.41) is 4.48. The Labute approximate surface area is 110 Å². The Morgan fingerprint density at radius 3 is 3.11 bits per heavy atom. The van der Waals surface area contributed by atoms with Crippen molar-refractivity contribution in [3.8, 4) is 0 Å². The Hall–Kier alpha value is -1.33. The summed E-state index contributed by atoms with van der Waals surface area (Å²) in [6.45, 7) is 0. The first-order valence-corrected chi connectivity index (χ1v) is 7.01. The molecule has 5 heteroatoms. The van der Waals surface area contributed by atoms with Crippen LogP contribution in [0.3, 0.4) is 0 Å². The van der Waals surface area contributed by atoms with Crippen molar-refractivity contribution in [1.82, 2.24) is 4.98 Å². The van der Waals surface area contributed by atoms with Gasteiger partial charge in [0, 0.05) is 18.8 Å². The molecule has 1 saturated carbocycles. The molecule has 18 heavy (non-hydrogen) atoms. The van der Waals surface area contributed by atoms with E-state index in [0.29, 0.717) is 12.1 Å². The fourth-order valence-corrected chi connectivity index (χ4v) is 3.45. The molecule has 96 valence electrons. The Kier molecular flexibility index (Phi) is 3.09. The number of hydrogen-bond donors (Lipinski definition) is 2. The Morgan fingerprint density at radius 2 is 2.33 bits per heavy atom. The molecule has 1 aromatic heterocycles. The summed E-state index contributed by atoms with van der Waals surface area (Å²) >= 11 is 1.66. The number of nitrogens with two attached hydrogens (primary N) is 1. The van der Waals surface area contributed by atoms with E-state index in [-0.39, 0.29) is 0 Å². The van der Waals surface area contributed by atoms with Crippen molar-refractivity contribution in [3.63, 3.8) is 0 Å². The number of benzene rings is 1. The summed E-state index contributed by atoms with van der Waals surface area (Å²) in [6, 6.07) is 6.32. The lowest BCUT2D eigenvalue weighted by Gasteiger charge is -2.11. The highest BCUT2D eigenvalue weighted by molar-refractivity contribution is 7.22. The maximum absolute atomic E-state index is 5.77. The third-order valence-corrected chi connectivity index (χ3v) is 4.41. The van der Waals surface area contributed by atoms with Crippen LogP contribution in [-0.4, -0.2) is 24.2 Å². The standard InChI is InChI=1S/C13H17N3OS/c1-17-10-4-3-9(7-10)15-13-16-11-5-2-8(14)6-12(11)18-13/h2,5-6,9-10H,3-4,7,14H2,1H3,(H,15,16). The first-order chi connectivity index (χ1) is 8.74. The van der Waals surface area contributed by atoms with Crippen molar-refractivity contribution in [2.75, 3.05) is 18.2 Å². The van der Waals surface area contributed by atoms with Crippen molar-refractivity contribution in [3.05, 3.63) is 18.2 Å². The van der Waals surface area contributed by atoms with Gasteiger partial charge in [-0.15, -0.1) is 0 Å². The third-order valence-electron chi connectivity index (χ3n) is 3.46. The molecule has 4 nitrogen and oxygen atoms in total. The van der Waals surface area contributed by atoms with E-state index in [1.807, 2.05) is 18.2 Å². The van der Waals surface area contributed by atoms with Gasteiger partial charge in [0.1, 0.15) is 0 Å². The summed E-state index contributed by atoms with van der Waals surface area (Å²) in [5.74, 6) is 0. The molecule has 2 aromatic rings. The lowest BCUT2D eigenvalue weighted by molar-refractivity contribution is 0.108. The summed E-state index contributed by atoms with van der Waals surface area (Å²) in [6.07, 6.45) is 3.74. The van der Waals surface area contributed by atoms with Crippen molar-refractivity contribution < 1.29 is 4.74 Å². The number of nitrogen functional groups attached to an aromatic ring is 1. The van der Waals surface area contributed by atoms with Crippen LogP contribution in [0.2, 0.25) is 0 Å². The van der Waals surface area contributed by atoms with Crippen LogP contribution >= 0.6 is 11.3 Å². The smallest absolute Gasteiger partial charge is 0.184 e. The number of hydrogen-bond acceptors (Lipinski definition) is 5. The Bertz CT molecular complexity index is 554. The SMILES string of the molecule is COC1CCC(Nc2nc3ccc(N)cc3s2)C1. The maximum atomic E-state index is 5.77. The molecule has 1 aliphatic rings. The van der Waals surface area contributed by atoms with Crippen LogP contribution in [0.15, 0.2) is 18.2 Å². The second-order valence-corrected chi connectivity index (χ2v) is 5.79. The molecule has 1 heterocycles. The van der Waals surface area contributed by atoms with Crippen LogP contribution in [-0.2, 0) is 4.74 Å². The number of thiazole rings is 1. The molecule has 1 aliphatic carbocycles. The fourth-order valence-electron chi connectivity index (χ4n) is 2.46. The highest BCUT2D eigenvalue weighted by Crippen LogP contribution is 2.30. The van der Waals surface area contributed by atoms with Gasteiger partial charge in [-0.1, -0.05) is 11.3 Å². The fraction of sp³-hybridized carbons (Fsp3) is 0.462. The minimum absolute atomic E-state index is 0.396. The molecule has 0 saturated heterocycles. The average Bonchev–Trinajstić information content (AvgIpc) is 2.95. The molecular formula is C13H17N3OS. The highest BCUT2D eigenvalue weighted by atomic mass is 32.1. The van der Waals surface area contributed by atoms with Crippen molar-refractivity contribution in [2.24, 2.45) is 0 Å². The number of methoxy groups -OCH3 is 1. The summed E-state index contributed by atoms with van der Waals surface area (Å²) < 4.78 is 6.52. The van der Waals surface area contributed by atoms with Gasteiger partial charge in [0.15, 0.2) is 5.13 Å². The van der Waals surface area contributed by atoms with Gasteiger partial charge in [-0.2, -0.15) is 0 Å². The van der Waals surface area contributed by atoms with Gasteiger partial charge in [-0.25, -0.2) is 4.98 Å². The number of anilines is 2. The van der Waals surface area contributed by atoms with Crippen LogP contribution in [0.25, 0.3) is 10.2 Å². The minimum atomic E-state index is 0.396. The molecule has 1 fully saturated rings. The van der Waals surface area contributed by atoms with Gasteiger partial charge in [-0.05, 0) is 37.5 Å². The lowest BCUT2D eigenvalue weighted by atomic mass is 10.2. The second-order valence-electron chi connectivity index (χ2n) is 4.76. The predicted molar refractivity (Wildman–Crippen MR) is 76.1 cm³/mol. The molecule has 0 bridgehead atoms. The van der Waals surface area contributed by atoms with E-state index in [4.69, 9.17) is 10.5 Å². The molecule has 1 aromatic carbocycles. The number of nitrogens with one attached hydrogen (secondary N) is 1. The zero-order valence-electron chi connectivity index (χ0n) is 10.3. The Balaban J connectivity index is 1.75. The van der Waals surface area contributed by atoms with Crippen LogP contribution in [0, 0.1) is 0 Å². The zero-order chi connectivity index (χ0) is 12.5. The highest BCUT2D eigenvalue weighted by Gasteiger charge is 2.24. The predicted octanol–water partition coefficient (Wildman–Crippen LogP) is 2.86. The number of aromatic nitrogens is 1. The van der Waals surface area contributed by atoms with E-state index in [9.17, 15) is 0 Å². The van der Waals surface area contributed by atoms with Gasteiger partial charge in [0.05, 0.1) is 16.3 Å². The number of fused-ring (bicyclic) bond motifs is 1. The third kappa shape index (κ3) is 2.28. The summed E-state index contributed by atoms with van der Waals surface area (Å²) in [7, 11) is 1.79.